The van der Waals surface area contributed by atoms with Crippen molar-refractivity contribution in [2.24, 2.45) is 0 Å². The van der Waals surface area contributed by atoms with E-state index in [1.54, 1.807) is 18.2 Å². The lowest BCUT2D eigenvalue weighted by atomic mass is 10.1. The monoisotopic (exact) mass is 272 g/mol. The first-order valence-electron chi connectivity index (χ1n) is 7.32. The smallest absolute Gasteiger partial charge is 0.150 e. The van der Waals surface area contributed by atoms with Gasteiger partial charge in [-0.3, -0.25) is 4.79 Å². The van der Waals surface area contributed by atoms with Gasteiger partial charge in [-0.15, -0.1) is 0 Å². The second-order valence-electron chi connectivity index (χ2n) is 4.92. The van der Waals surface area contributed by atoms with Gasteiger partial charge in [0.15, 0.2) is 0 Å². The molecule has 0 bridgehead atoms. The normalized spacial score (nSPS) is 13.1. The van der Waals surface area contributed by atoms with E-state index in [-0.39, 0.29) is 0 Å². The minimum absolute atomic E-state index is 0.475. The summed E-state index contributed by atoms with van der Waals surface area (Å²) in [6.07, 6.45) is 13.6. The van der Waals surface area contributed by atoms with Gasteiger partial charge >= 0.3 is 0 Å². The molecule has 0 fully saturated rings. The van der Waals surface area contributed by atoms with Crippen molar-refractivity contribution in [1.29, 1.82) is 0 Å². The van der Waals surface area contributed by atoms with E-state index >= 15 is 0 Å². The third kappa shape index (κ3) is 7.05. The molecule has 2 nitrogen and oxygen atoms in total. The van der Waals surface area contributed by atoms with Crippen molar-refractivity contribution >= 4 is 12.4 Å². The van der Waals surface area contributed by atoms with Crippen LogP contribution in [-0.2, 0) is 0 Å². The number of allylic oxidation sites excluding steroid dienone is 1. The molecule has 108 valence electrons. The third-order valence-electron chi connectivity index (χ3n) is 3.08. The summed E-state index contributed by atoms with van der Waals surface area (Å²) in [5, 5.41) is 9.83. The fraction of sp³-hybridized carbons (Fsp3) is 0.389. The summed E-state index contributed by atoms with van der Waals surface area (Å²) < 4.78 is 0. The molecule has 0 aliphatic carbocycles. The van der Waals surface area contributed by atoms with Gasteiger partial charge in [0.1, 0.15) is 6.29 Å². The number of hydrogen-bond acceptors (Lipinski definition) is 2. The lowest BCUT2D eigenvalue weighted by Crippen LogP contribution is -1.99. The molecule has 1 atom stereocenters. The van der Waals surface area contributed by atoms with E-state index in [4.69, 9.17) is 0 Å². The van der Waals surface area contributed by atoms with Crippen LogP contribution in [-0.4, -0.2) is 17.5 Å². The highest BCUT2D eigenvalue weighted by atomic mass is 16.3. The Morgan fingerprint density at radius 1 is 1.20 bits per heavy atom. The summed E-state index contributed by atoms with van der Waals surface area (Å²) in [6.45, 7) is 2.19. The van der Waals surface area contributed by atoms with E-state index in [0.717, 1.165) is 18.3 Å². The van der Waals surface area contributed by atoms with Crippen molar-refractivity contribution in [3.05, 3.63) is 53.6 Å². The molecule has 0 spiro atoms. The number of aliphatic hydroxyl groups excluding tert-OH is 1. The predicted molar refractivity (Wildman–Crippen MR) is 84.8 cm³/mol. The summed E-state index contributed by atoms with van der Waals surface area (Å²) in [6, 6.07) is 7.32. The Morgan fingerprint density at radius 3 is 2.75 bits per heavy atom. The number of aliphatic hydroxyl groups is 1. The lowest BCUT2D eigenvalue weighted by Gasteiger charge is -2.01. The largest absolute Gasteiger partial charge is 0.389 e. The standard InChI is InChI=1S/C18H24O2/c1-2-3-4-5-6-7-11-18(20)13-12-16-9-8-10-17(14-16)15-19/h6-10,12-15,18,20H,2-5,11H2,1H3/b7-6-,13-12+. The van der Waals surface area contributed by atoms with Gasteiger partial charge in [0, 0.05) is 5.56 Å². The number of unbranched alkanes of at least 4 members (excludes halogenated alkanes) is 3. The van der Waals surface area contributed by atoms with Crippen molar-refractivity contribution < 1.29 is 9.90 Å². The van der Waals surface area contributed by atoms with Gasteiger partial charge < -0.3 is 5.11 Å². The summed E-state index contributed by atoms with van der Waals surface area (Å²) in [5.41, 5.74) is 1.58. The first-order valence-corrected chi connectivity index (χ1v) is 7.32. The molecule has 1 rings (SSSR count). The lowest BCUT2D eigenvalue weighted by molar-refractivity contribution is 0.112. The Bertz CT molecular complexity index is 446. The zero-order valence-corrected chi connectivity index (χ0v) is 12.2. The molecule has 1 aromatic carbocycles. The number of rotatable bonds is 9. The van der Waals surface area contributed by atoms with Gasteiger partial charge in [-0.2, -0.15) is 0 Å². The van der Waals surface area contributed by atoms with E-state index in [0.29, 0.717) is 12.0 Å². The minimum atomic E-state index is -0.475. The average Bonchev–Trinajstić information content (AvgIpc) is 2.49. The molecule has 0 heterocycles. The zero-order valence-electron chi connectivity index (χ0n) is 12.2. The van der Waals surface area contributed by atoms with E-state index in [1.165, 1.54) is 19.3 Å². The van der Waals surface area contributed by atoms with E-state index < -0.39 is 6.10 Å². The summed E-state index contributed by atoms with van der Waals surface area (Å²) in [4.78, 5) is 10.7. The number of benzene rings is 1. The number of carbonyl (C=O) groups is 1. The van der Waals surface area contributed by atoms with Crippen LogP contribution in [0.5, 0.6) is 0 Å². The number of carbonyl (C=O) groups excluding carboxylic acids is 1. The molecule has 0 saturated carbocycles. The van der Waals surface area contributed by atoms with Crippen LogP contribution in [0.25, 0.3) is 6.08 Å². The summed E-state index contributed by atoms with van der Waals surface area (Å²) >= 11 is 0. The second kappa shape index (κ2) is 10.2. The molecular weight excluding hydrogens is 248 g/mol. The van der Waals surface area contributed by atoms with Crippen molar-refractivity contribution in [3.63, 3.8) is 0 Å². The van der Waals surface area contributed by atoms with Crippen molar-refractivity contribution in [1.82, 2.24) is 0 Å². The van der Waals surface area contributed by atoms with E-state index in [2.05, 4.69) is 13.0 Å². The van der Waals surface area contributed by atoms with Crippen LogP contribution in [0, 0.1) is 0 Å². The number of aldehydes is 1. The Balaban J connectivity index is 2.35. The molecule has 1 N–H and O–H groups in total. The van der Waals surface area contributed by atoms with Crippen LogP contribution in [0.3, 0.4) is 0 Å². The van der Waals surface area contributed by atoms with Crippen LogP contribution in [0.1, 0.15) is 54.9 Å². The molecule has 1 aromatic rings. The molecule has 0 saturated heterocycles. The fourth-order valence-electron chi connectivity index (χ4n) is 1.90. The van der Waals surface area contributed by atoms with Gasteiger partial charge in [0.2, 0.25) is 0 Å². The van der Waals surface area contributed by atoms with Gasteiger partial charge in [-0.1, -0.05) is 62.3 Å². The van der Waals surface area contributed by atoms with E-state index in [9.17, 15) is 9.90 Å². The SMILES string of the molecule is CCCCC/C=C\CC(O)/C=C/c1cccc(C=O)c1. The Hall–Kier alpha value is -1.67. The first kappa shape index (κ1) is 16.4. The fourth-order valence-corrected chi connectivity index (χ4v) is 1.90. The second-order valence-corrected chi connectivity index (χ2v) is 4.92. The molecule has 20 heavy (non-hydrogen) atoms. The Labute approximate surface area is 121 Å². The zero-order chi connectivity index (χ0) is 14.6. The molecule has 1 unspecified atom stereocenters. The molecule has 0 aliphatic heterocycles. The van der Waals surface area contributed by atoms with Gasteiger partial charge in [-0.05, 0) is 30.9 Å². The Kier molecular flexibility index (Phi) is 8.32. The quantitative estimate of drug-likeness (QED) is 0.411. The predicted octanol–water partition coefficient (Wildman–Crippen LogP) is 4.40. The minimum Gasteiger partial charge on any atom is -0.389 e. The topological polar surface area (TPSA) is 37.3 Å². The Morgan fingerprint density at radius 2 is 2.00 bits per heavy atom. The molecule has 0 aromatic heterocycles. The maximum atomic E-state index is 10.7. The van der Waals surface area contributed by atoms with Crippen LogP contribution >= 0.6 is 0 Å². The molecule has 0 radical (unpaired) electrons. The van der Waals surface area contributed by atoms with Gasteiger partial charge in [-0.25, -0.2) is 0 Å². The molecule has 2 heteroatoms. The van der Waals surface area contributed by atoms with Crippen molar-refractivity contribution in [2.45, 2.75) is 45.1 Å². The maximum Gasteiger partial charge on any atom is 0.150 e. The highest BCUT2D eigenvalue weighted by Gasteiger charge is 1.96. The van der Waals surface area contributed by atoms with Crippen LogP contribution in [0.15, 0.2) is 42.5 Å². The summed E-state index contributed by atoms with van der Waals surface area (Å²) in [7, 11) is 0. The van der Waals surface area contributed by atoms with Crippen LogP contribution in [0.4, 0.5) is 0 Å². The maximum absolute atomic E-state index is 10.7. The molecule has 0 amide bonds. The highest BCUT2D eigenvalue weighted by molar-refractivity contribution is 5.76. The molecule has 0 aliphatic rings. The molecular formula is C18H24O2. The first-order chi connectivity index (χ1) is 9.76. The number of hydrogen-bond donors (Lipinski definition) is 1. The average molecular weight is 272 g/mol. The van der Waals surface area contributed by atoms with Crippen molar-refractivity contribution in [3.8, 4) is 0 Å². The van der Waals surface area contributed by atoms with Gasteiger partial charge in [0.25, 0.3) is 0 Å². The van der Waals surface area contributed by atoms with Crippen molar-refractivity contribution in [2.75, 3.05) is 0 Å². The highest BCUT2D eigenvalue weighted by Crippen LogP contribution is 2.07. The van der Waals surface area contributed by atoms with Crippen LogP contribution < -0.4 is 0 Å². The van der Waals surface area contributed by atoms with Gasteiger partial charge in [0.05, 0.1) is 6.10 Å². The van der Waals surface area contributed by atoms with Crippen LogP contribution in [0.2, 0.25) is 0 Å². The summed E-state index contributed by atoms with van der Waals surface area (Å²) in [5.74, 6) is 0. The third-order valence-corrected chi connectivity index (χ3v) is 3.08. The van der Waals surface area contributed by atoms with E-state index in [1.807, 2.05) is 24.3 Å².